The molecule has 0 aromatic heterocycles. The average Bonchev–Trinajstić information content (AvgIpc) is 2.34. The van der Waals surface area contributed by atoms with Crippen molar-refractivity contribution in [1.29, 1.82) is 0 Å². The third-order valence-electron chi connectivity index (χ3n) is 2.40. The van der Waals surface area contributed by atoms with E-state index in [-0.39, 0.29) is 18.8 Å². The van der Waals surface area contributed by atoms with E-state index in [1.807, 2.05) is 0 Å². The lowest BCUT2D eigenvalue weighted by Gasteiger charge is -2.11. The van der Waals surface area contributed by atoms with Gasteiger partial charge in [-0.2, -0.15) is 13.2 Å². The van der Waals surface area contributed by atoms with Crippen molar-refractivity contribution in [2.75, 3.05) is 18.4 Å². The van der Waals surface area contributed by atoms with Crippen molar-refractivity contribution >= 4 is 17.3 Å². The molecular weight excluding hydrogens is 279 g/mol. The lowest BCUT2D eigenvalue weighted by atomic mass is 10.2. The molecule has 0 aliphatic carbocycles. The Hall–Kier alpha value is -2.32. The van der Waals surface area contributed by atoms with E-state index < -0.39 is 17.0 Å². The fourth-order valence-corrected chi connectivity index (χ4v) is 1.43. The second kappa shape index (κ2) is 6.22. The number of carbonyl (C=O) groups is 1. The lowest BCUT2D eigenvalue weighted by molar-refractivity contribution is -0.384. The summed E-state index contributed by atoms with van der Waals surface area (Å²) in [7, 11) is 0. The number of aryl methyl sites for hydroxylation is 1. The molecule has 0 atom stereocenters. The number of nitro benzene ring substituents is 1. The standard InChI is InChI=1S/C11H12F3N3O3/c1-7-6-8(17(19)20)2-3-9(7)15-4-5-16-10(18)11(12,13)14/h2-3,6,15H,4-5H2,1H3,(H,16,18). The van der Waals surface area contributed by atoms with Crippen LogP contribution in [0.1, 0.15) is 5.56 Å². The minimum atomic E-state index is -4.90. The predicted octanol–water partition coefficient (Wildman–Crippen LogP) is 1.99. The van der Waals surface area contributed by atoms with Crippen molar-refractivity contribution in [2.24, 2.45) is 0 Å². The zero-order valence-corrected chi connectivity index (χ0v) is 10.5. The molecule has 0 aliphatic rings. The van der Waals surface area contributed by atoms with E-state index in [9.17, 15) is 28.1 Å². The highest BCUT2D eigenvalue weighted by Gasteiger charge is 2.38. The highest BCUT2D eigenvalue weighted by Crippen LogP contribution is 2.20. The van der Waals surface area contributed by atoms with Crippen molar-refractivity contribution < 1.29 is 22.9 Å². The van der Waals surface area contributed by atoms with Crippen LogP contribution < -0.4 is 10.6 Å². The predicted molar refractivity (Wildman–Crippen MR) is 65.4 cm³/mol. The van der Waals surface area contributed by atoms with Crippen molar-refractivity contribution in [3.8, 4) is 0 Å². The monoisotopic (exact) mass is 291 g/mol. The van der Waals surface area contributed by atoms with Gasteiger partial charge in [-0.05, 0) is 18.6 Å². The summed E-state index contributed by atoms with van der Waals surface area (Å²) in [6.07, 6.45) is -4.90. The summed E-state index contributed by atoms with van der Waals surface area (Å²) in [5, 5.41) is 15.0. The zero-order valence-electron chi connectivity index (χ0n) is 10.5. The quantitative estimate of drug-likeness (QED) is 0.493. The molecular formula is C11H12F3N3O3. The number of carbonyl (C=O) groups excluding carboxylic acids is 1. The van der Waals surface area contributed by atoms with Crippen molar-refractivity contribution in [2.45, 2.75) is 13.1 Å². The SMILES string of the molecule is Cc1cc([N+](=O)[O-])ccc1NCCNC(=O)C(F)(F)F. The van der Waals surface area contributed by atoms with Gasteiger partial charge in [0.05, 0.1) is 4.92 Å². The van der Waals surface area contributed by atoms with Crippen molar-refractivity contribution in [1.82, 2.24) is 5.32 Å². The van der Waals surface area contributed by atoms with Crippen LogP contribution in [0.3, 0.4) is 0 Å². The van der Waals surface area contributed by atoms with E-state index in [4.69, 9.17) is 0 Å². The number of alkyl halides is 3. The maximum absolute atomic E-state index is 11.9. The Labute approximate surface area is 112 Å². The third-order valence-corrected chi connectivity index (χ3v) is 2.40. The number of benzene rings is 1. The van der Waals surface area contributed by atoms with Crippen LogP contribution in [0.15, 0.2) is 18.2 Å². The molecule has 6 nitrogen and oxygen atoms in total. The van der Waals surface area contributed by atoms with Gasteiger partial charge in [-0.3, -0.25) is 14.9 Å². The Kier molecular flexibility index (Phi) is 4.89. The minimum Gasteiger partial charge on any atom is -0.383 e. The molecule has 1 aromatic carbocycles. The molecule has 2 N–H and O–H groups in total. The van der Waals surface area contributed by atoms with Gasteiger partial charge in [0.2, 0.25) is 0 Å². The summed E-state index contributed by atoms with van der Waals surface area (Å²) in [5.41, 5.74) is 1.07. The third kappa shape index (κ3) is 4.41. The molecule has 0 fully saturated rings. The van der Waals surface area contributed by atoms with E-state index in [2.05, 4.69) is 5.32 Å². The van der Waals surface area contributed by atoms with Gasteiger partial charge in [0, 0.05) is 30.9 Å². The molecule has 110 valence electrons. The van der Waals surface area contributed by atoms with Gasteiger partial charge in [-0.15, -0.1) is 0 Å². The second-order valence-electron chi connectivity index (χ2n) is 3.94. The molecule has 1 amide bonds. The van der Waals surface area contributed by atoms with E-state index in [0.29, 0.717) is 11.3 Å². The number of rotatable bonds is 5. The maximum Gasteiger partial charge on any atom is 0.471 e. The van der Waals surface area contributed by atoms with Crippen LogP contribution in [0.4, 0.5) is 24.5 Å². The number of nitrogens with one attached hydrogen (secondary N) is 2. The summed E-state index contributed by atoms with van der Waals surface area (Å²) in [6, 6.07) is 4.08. The van der Waals surface area contributed by atoms with E-state index >= 15 is 0 Å². The Morgan fingerprint density at radius 1 is 1.35 bits per heavy atom. The van der Waals surface area contributed by atoms with Gasteiger partial charge in [0.15, 0.2) is 0 Å². The number of nitrogens with zero attached hydrogens (tertiary/aromatic N) is 1. The molecule has 0 spiro atoms. The first-order chi connectivity index (χ1) is 9.21. The molecule has 1 aromatic rings. The largest absolute Gasteiger partial charge is 0.471 e. The Morgan fingerprint density at radius 3 is 2.50 bits per heavy atom. The number of non-ortho nitro benzene ring substituents is 1. The Bertz CT molecular complexity index is 517. The van der Waals surface area contributed by atoms with E-state index in [1.54, 1.807) is 12.2 Å². The minimum absolute atomic E-state index is 0.0699. The first-order valence-electron chi connectivity index (χ1n) is 5.55. The number of halogens is 3. The van der Waals surface area contributed by atoms with Crippen LogP contribution in [-0.4, -0.2) is 30.1 Å². The smallest absolute Gasteiger partial charge is 0.383 e. The topological polar surface area (TPSA) is 84.3 Å². The summed E-state index contributed by atoms with van der Waals surface area (Å²) in [6.45, 7) is 1.48. The van der Waals surface area contributed by atoms with Crippen LogP contribution in [0.25, 0.3) is 0 Å². The average molecular weight is 291 g/mol. The van der Waals surface area contributed by atoms with Gasteiger partial charge >= 0.3 is 12.1 Å². The number of hydrogen-bond acceptors (Lipinski definition) is 4. The van der Waals surface area contributed by atoms with Gasteiger partial charge in [-0.25, -0.2) is 0 Å². The molecule has 0 saturated carbocycles. The fourth-order valence-electron chi connectivity index (χ4n) is 1.43. The number of nitro groups is 1. The summed E-state index contributed by atoms with van der Waals surface area (Å²) in [5.74, 6) is -2.00. The summed E-state index contributed by atoms with van der Waals surface area (Å²) < 4.78 is 35.7. The molecule has 0 bridgehead atoms. The maximum atomic E-state index is 11.9. The Balaban J connectivity index is 2.47. The first-order valence-corrected chi connectivity index (χ1v) is 5.55. The van der Waals surface area contributed by atoms with Gasteiger partial charge in [-0.1, -0.05) is 0 Å². The van der Waals surface area contributed by atoms with E-state index in [1.165, 1.54) is 18.2 Å². The van der Waals surface area contributed by atoms with Crippen molar-refractivity contribution in [3.05, 3.63) is 33.9 Å². The molecule has 9 heteroatoms. The van der Waals surface area contributed by atoms with Crippen LogP contribution in [0.2, 0.25) is 0 Å². The number of amides is 1. The van der Waals surface area contributed by atoms with Gasteiger partial charge in [0.25, 0.3) is 5.69 Å². The molecule has 0 unspecified atom stereocenters. The van der Waals surface area contributed by atoms with Crippen LogP contribution in [0, 0.1) is 17.0 Å². The van der Waals surface area contributed by atoms with Crippen LogP contribution in [-0.2, 0) is 4.79 Å². The Morgan fingerprint density at radius 2 is 2.00 bits per heavy atom. The summed E-state index contributed by atoms with van der Waals surface area (Å²) >= 11 is 0. The lowest BCUT2D eigenvalue weighted by Crippen LogP contribution is -2.39. The van der Waals surface area contributed by atoms with E-state index in [0.717, 1.165) is 0 Å². The molecule has 0 heterocycles. The number of anilines is 1. The molecule has 1 rings (SSSR count). The fraction of sp³-hybridized carbons (Fsp3) is 0.364. The zero-order chi connectivity index (χ0) is 15.3. The normalized spacial score (nSPS) is 11.0. The summed E-state index contributed by atoms with van der Waals surface area (Å²) in [4.78, 5) is 20.5. The van der Waals surface area contributed by atoms with Gasteiger partial charge < -0.3 is 10.6 Å². The molecule has 0 radical (unpaired) electrons. The second-order valence-corrected chi connectivity index (χ2v) is 3.94. The first kappa shape index (κ1) is 15.7. The highest BCUT2D eigenvalue weighted by atomic mass is 19.4. The van der Waals surface area contributed by atoms with Crippen LogP contribution >= 0.6 is 0 Å². The molecule has 20 heavy (non-hydrogen) atoms. The van der Waals surface area contributed by atoms with Crippen molar-refractivity contribution in [3.63, 3.8) is 0 Å². The van der Waals surface area contributed by atoms with Gasteiger partial charge in [0.1, 0.15) is 0 Å². The number of hydrogen-bond donors (Lipinski definition) is 2. The van der Waals surface area contributed by atoms with Crippen LogP contribution in [0.5, 0.6) is 0 Å². The molecule has 0 saturated heterocycles. The highest BCUT2D eigenvalue weighted by molar-refractivity contribution is 5.81. The molecule has 0 aliphatic heterocycles.